The standard InChI is InChI=1S/C37H52N4O9.C20H26N2O4.C15H24N2O4/c1-24(42)37(18-9-19-37)29(43)23-27(10-8-20-40-34(38)48)33(47)39-21-17-30(44)41-28-22-25(12-15-31(45)49-35(2,3)4)11-13-26(28)14-16-32(46)50-36(5,6)7;1-14(23)5-8-16-9-6-15(7-10-19(25)26-20(2,3)4)13-17(16)22-18(24)11-12-21;1-10(18)12(5-3-8-17-14(16)21)9-13(20)15(11(2)19)6-4-7-15/h11-16,22,27H,8-10,17-21,23H2,1-7H3,(H,39,47)(H,41,44)(H3,38,40,48);5-10,13H,11-12,21H2,1-4H3,(H,22,24);12H,3-9H2,1-2H3,(H3,16,17,21)/b15-12+,16-14+;8-5+,10-7+;/t27-;;12-/m1.1/s1. The molecule has 2 atom stereocenters. The first kappa shape index (κ1) is 83.8. The second-order valence-electron chi connectivity index (χ2n) is 27.0. The number of esters is 3. The predicted octanol–water partition coefficient (Wildman–Crippen LogP) is 8.91. The van der Waals surface area contributed by atoms with Crippen molar-refractivity contribution in [1.82, 2.24) is 16.0 Å². The van der Waals surface area contributed by atoms with Crippen molar-refractivity contribution >= 4 is 118 Å². The van der Waals surface area contributed by atoms with Gasteiger partial charge in [0, 0.05) is 93.3 Å². The number of urea groups is 2. The molecule has 532 valence electrons. The number of allylic oxidation sites excluding steroid dienone is 1. The topological polar surface area (TPSA) is 405 Å². The summed E-state index contributed by atoms with van der Waals surface area (Å²) < 4.78 is 15.9. The maximum Gasteiger partial charge on any atom is 0.331 e. The van der Waals surface area contributed by atoms with Gasteiger partial charge in [0.15, 0.2) is 5.78 Å². The van der Waals surface area contributed by atoms with Crippen LogP contribution in [0, 0.1) is 22.7 Å². The summed E-state index contributed by atoms with van der Waals surface area (Å²) >= 11 is 0. The summed E-state index contributed by atoms with van der Waals surface area (Å²) in [5.74, 6) is -4.66. The number of rotatable bonds is 33. The molecular formula is C72H102N8O17. The third-order valence-electron chi connectivity index (χ3n) is 15.4. The highest BCUT2D eigenvalue weighted by molar-refractivity contribution is 6.09. The van der Waals surface area contributed by atoms with Crippen LogP contribution < -0.4 is 43.8 Å². The minimum atomic E-state index is -1.05. The molecule has 11 N–H and O–H groups in total. The largest absolute Gasteiger partial charge is 0.457 e. The van der Waals surface area contributed by atoms with E-state index in [2.05, 4.69) is 26.6 Å². The Morgan fingerprint density at radius 1 is 0.495 bits per heavy atom. The van der Waals surface area contributed by atoms with Crippen LogP contribution in [-0.2, 0) is 71.7 Å². The predicted molar refractivity (Wildman–Crippen MR) is 370 cm³/mol. The van der Waals surface area contributed by atoms with E-state index in [1.807, 2.05) is 0 Å². The number of anilines is 2. The van der Waals surface area contributed by atoms with Crippen LogP contribution >= 0.6 is 0 Å². The number of carbonyl (C=O) groups excluding carboxylic acids is 14. The van der Waals surface area contributed by atoms with Crippen molar-refractivity contribution in [3.05, 3.63) is 83.0 Å². The first-order chi connectivity index (χ1) is 45.1. The first-order valence-electron chi connectivity index (χ1n) is 32.5. The van der Waals surface area contributed by atoms with Gasteiger partial charge in [-0.1, -0.05) is 37.1 Å². The Hall–Kier alpha value is -9.26. The van der Waals surface area contributed by atoms with Crippen LogP contribution in [0.5, 0.6) is 0 Å². The highest BCUT2D eigenvalue weighted by atomic mass is 16.6. The molecule has 4 rings (SSSR count). The average Bonchev–Trinajstić information content (AvgIpc) is 0.791. The Morgan fingerprint density at radius 2 is 0.866 bits per heavy atom. The lowest BCUT2D eigenvalue weighted by atomic mass is 9.62. The molecule has 2 fully saturated rings. The second kappa shape index (κ2) is 39.7. The molecule has 25 heteroatoms. The van der Waals surface area contributed by atoms with Gasteiger partial charge in [-0.2, -0.15) is 0 Å². The number of nitrogens with one attached hydrogen (secondary N) is 5. The highest BCUT2D eigenvalue weighted by Crippen LogP contribution is 2.45. The Balaban J connectivity index is 0.000000564. The van der Waals surface area contributed by atoms with E-state index in [4.69, 9.17) is 31.4 Å². The smallest absolute Gasteiger partial charge is 0.331 e. The number of carbonyl (C=O) groups is 14. The summed E-state index contributed by atoms with van der Waals surface area (Å²) in [6.07, 6.45) is 17.1. The van der Waals surface area contributed by atoms with Gasteiger partial charge in [-0.25, -0.2) is 24.0 Å². The number of benzene rings is 2. The van der Waals surface area contributed by atoms with Gasteiger partial charge < -0.3 is 58.0 Å². The second-order valence-corrected chi connectivity index (χ2v) is 27.0. The summed E-state index contributed by atoms with van der Waals surface area (Å²) in [6.45, 7) is 22.4. The molecule has 0 heterocycles. The summed E-state index contributed by atoms with van der Waals surface area (Å²) in [5.41, 5.74) is 15.0. The van der Waals surface area contributed by atoms with Crippen LogP contribution in [0.4, 0.5) is 21.0 Å². The molecule has 25 nitrogen and oxygen atoms in total. The number of amides is 7. The first-order valence-corrected chi connectivity index (χ1v) is 32.5. The molecular weight excluding hydrogens is 1250 g/mol. The zero-order valence-electron chi connectivity index (χ0n) is 58.6. The molecule has 2 aromatic carbocycles. The molecule has 2 aromatic rings. The number of ketones is 6. The number of hydrogen-bond donors (Lipinski definition) is 8. The van der Waals surface area contributed by atoms with E-state index < -0.39 is 75.3 Å². The van der Waals surface area contributed by atoms with E-state index in [0.29, 0.717) is 85.1 Å². The van der Waals surface area contributed by atoms with E-state index in [-0.39, 0.29) is 98.3 Å². The molecule has 2 aliphatic carbocycles. The van der Waals surface area contributed by atoms with E-state index in [1.54, 1.807) is 111 Å². The van der Waals surface area contributed by atoms with Crippen molar-refractivity contribution < 1.29 is 81.3 Å². The summed E-state index contributed by atoms with van der Waals surface area (Å²) in [7, 11) is 0. The van der Waals surface area contributed by atoms with E-state index in [9.17, 15) is 67.1 Å². The molecule has 0 radical (unpaired) electrons. The normalized spacial score (nSPS) is 14.5. The minimum absolute atomic E-state index is 0.0476. The van der Waals surface area contributed by atoms with Gasteiger partial charge in [0.1, 0.15) is 45.7 Å². The van der Waals surface area contributed by atoms with Gasteiger partial charge in [0.2, 0.25) is 17.7 Å². The minimum Gasteiger partial charge on any atom is -0.457 e. The number of nitrogens with two attached hydrogens (primary N) is 3. The molecule has 97 heavy (non-hydrogen) atoms. The molecule has 2 aliphatic rings. The van der Waals surface area contributed by atoms with Crippen molar-refractivity contribution in [2.45, 2.75) is 197 Å². The zero-order valence-corrected chi connectivity index (χ0v) is 58.6. The van der Waals surface area contributed by atoms with Crippen molar-refractivity contribution in [2.24, 2.45) is 39.9 Å². The maximum atomic E-state index is 13.2. The van der Waals surface area contributed by atoms with E-state index in [1.165, 1.54) is 64.2 Å². The van der Waals surface area contributed by atoms with Crippen LogP contribution in [-0.4, -0.2) is 125 Å². The van der Waals surface area contributed by atoms with Crippen molar-refractivity contribution in [3.63, 3.8) is 0 Å². The van der Waals surface area contributed by atoms with Crippen LogP contribution in [0.3, 0.4) is 0 Å². The zero-order chi connectivity index (χ0) is 73.5. The fourth-order valence-electron chi connectivity index (χ4n) is 10.0. The monoisotopic (exact) mass is 1350 g/mol. The Labute approximate surface area is 569 Å². The highest BCUT2D eigenvalue weighted by Gasteiger charge is 2.49. The fourth-order valence-corrected chi connectivity index (χ4v) is 10.0. The molecule has 2 saturated carbocycles. The van der Waals surface area contributed by atoms with E-state index in [0.717, 1.165) is 12.8 Å². The van der Waals surface area contributed by atoms with Gasteiger partial charge in [-0.3, -0.25) is 43.2 Å². The summed E-state index contributed by atoms with van der Waals surface area (Å²) in [5, 5.41) is 13.2. The van der Waals surface area contributed by atoms with Crippen molar-refractivity contribution in [1.29, 1.82) is 0 Å². The average molecular weight is 1350 g/mol. The fraction of sp³-hybridized carbons (Fsp3) is 0.528. The molecule has 0 unspecified atom stereocenters. The number of primary amides is 2. The third-order valence-corrected chi connectivity index (χ3v) is 15.4. The molecule has 0 spiro atoms. The quantitative estimate of drug-likeness (QED) is 0.0109. The summed E-state index contributed by atoms with van der Waals surface area (Å²) in [6, 6.07) is 8.94. The van der Waals surface area contributed by atoms with Gasteiger partial charge in [-0.05, 0) is 206 Å². The molecule has 0 aliphatic heterocycles. The lowest BCUT2D eigenvalue weighted by molar-refractivity contribution is -0.149. The Bertz CT molecular complexity index is 3300. The van der Waals surface area contributed by atoms with Gasteiger partial charge in [0.25, 0.3) is 0 Å². The lowest BCUT2D eigenvalue weighted by Crippen LogP contribution is -2.46. The Morgan fingerprint density at radius 3 is 1.21 bits per heavy atom. The molecule has 0 aromatic heterocycles. The van der Waals surface area contributed by atoms with Gasteiger partial charge in [0.05, 0.1) is 10.8 Å². The summed E-state index contributed by atoms with van der Waals surface area (Å²) in [4.78, 5) is 168. The van der Waals surface area contributed by atoms with E-state index >= 15 is 0 Å². The van der Waals surface area contributed by atoms with Crippen molar-refractivity contribution in [3.8, 4) is 0 Å². The SMILES string of the molecule is CC(=O)/C=C/c1ccc(/C=C/C(=O)OC(C)(C)C)cc1NC(=O)CCN.CC(=O)C1(C(=O)C[C@@H](CCCNC(N)=O)C(=O)NCCC(=O)Nc2cc(/C=C/C(=O)OC(C)(C)C)ccc2/C=C/C(=O)OC(C)(C)C)CCC1.CC(=O)[C@H](CCCNC(N)=O)CC(=O)C1(C(C)=O)CCC1. The van der Waals surface area contributed by atoms with Gasteiger partial charge in [-0.15, -0.1) is 0 Å². The third kappa shape index (κ3) is 32.4. The molecule has 0 bridgehead atoms. The molecule has 0 saturated heterocycles. The van der Waals surface area contributed by atoms with Crippen LogP contribution in [0.15, 0.2) is 60.7 Å². The number of Topliss-reactive ketones (excluding diaryl/α,β-unsaturated/α-hetero) is 5. The van der Waals surface area contributed by atoms with Crippen molar-refractivity contribution in [2.75, 3.05) is 36.8 Å². The number of ether oxygens (including phenoxy) is 3. The maximum absolute atomic E-state index is 13.2. The van der Waals surface area contributed by atoms with Crippen LogP contribution in [0.25, 0.3) is 24.3 Å². The van der Waals surface area contributed by atoms with Crippen LogP contribution in [0.2, 0.25) is 0 Å². The molecule has 7 amide bonds. The lowest BCUT2D eigenvalue weighted by Gasteiger charge is -2.38. The Kier molecular flexibility index (Phi) is 34.3. The van der Waals surface area contributed by atoms with Crippen LogP contribution in [0.1, 0.15) is 202 Å². The number of hydrogen-bond acceptors (Lipinski definition) is 18. The van der Waals surface area contributed by atoms with Gasteiger partial charge >= 0.3 is 30.0 Å².